The molecule has 0 fully saturated rings. The van der Waals surface area contributed by atoms with E-state index in [1.807, 2.05) is 49.4 Å². The summed E-state index contributed by atoms with van der Waals surface area (Å²) in [5, 5.41) is 0. The summed E-state index contributed by atoms with van der Waals surface area (Å²) in [6.07, 6.45) is 0.649. The van der Waals surface area contributed by atoms with E-state index in [9.17, 15) is 0 Å². The van der Waals surface area contributed by atoms with Gasteiger partial charge in [-0.2, -0.15) is 0 Å². The predicted molar refractivity (Wildman–Crippen MR) is 75.6 cm³/mol. The highest BCUT2D eigenvalue weighted by Crippen LogP contribution is 2.21. The van der Waals surface area contributed by atoms with Crippen molar-refractivity contribution in [2.45, 2.75) is 13.3 Å². The Hall–Kier alpha value is -2.62. The molecule has 0 amide bonds. The smallest absolute Gasteiger partial charge is 0.199 e. The van der Waals surface area contributed by atoms with Gasteiger partial charge in [0.15, 0.2) is 22.9 Å². The Morgan fingerprint density at radius 1 is 0.900 bits per heavy atom. The average Bonchev–Trinajstić information content (AvgIpc) is 2.99. The van der Waals surface area contributed by atoms with Gasteiger partial charge >= 0.3 is 0 Å². The van der Waals surface area contributed by atoms with Crippen LogP contribution >= 0.6 is 0 Å². The lowest BCUT2D eigenvalue weighted by molar-refractivity contribution is 0.544. The molecule has 0 saturated carbocycles. The van der Waals surface area contributed by atoms with Crippen LogP contribution in [0.5, 0.6) is 0 Å². The Labute approximate surface area is 115 Å². The lowest BCUT2D eigenvalue weighted by atomic mass is 10.1. The Morgan fingerprint density at radius 2 is 1.75 bits per heavy atom. The SMILES string of the molecule is Cc1nc2cc(Cc3nc4ccccc4o3)ccc2o1. The fourth-order valence-electron chi connectivity index (χ4n) is 2.37. The minimum absolute atomic E-state index is 0.649. The molecule has 0 spiro atoms. The van der Waals surface area contributed by atoms with Gasteiger partial charge in [-0.3, -0.25) is 0 Å². The summed E-state index contributed by atoms with van der Waals surface area (Å²) in [5.41, 5.74) is 4.50. The Kier molecular flexibility index (Phi) is 2.36. The molecule has 0 aliphatic rings. The molecule has 98 valence electrons. The summed E-state index contributed by atoms with van der Waals surface area (Å²) in [5.74, 6) is 1.39. The highest BCUT2D eigenvalue weighted by atomic mass is 16.4. The molecule has 2 aromatic heterocycles. The number of nitrogens with zero attached hydrogens (tertiary/aromatic N) is 2. The number of para-hydroxylation sites is 2. The van der Waals surface area contributed by atoms with Crippen LogP contribution in [-0.2, 0) is 6.42 Å². The first kappa shape index (κ1) is 11.2. The first-order valence-corrected chi connectivity index (χ1v) is 6.48. The standard InChI is InChI=1S/C16H12N2O2/c1-10-17-13-8-11(6-7-15(13)19-10)9-16-18-12-4-2-3-5-14(12)20-16/h2-8H,9H2,1H3. The molecule has 2 heterocycles. The molecule has 4 nitrogen and oxygen atoms in total. The van der Waals surface area contributed by atoms with Crippen molar-refractivity contribution in [3.63, 3.8) is 0 Å². The average molecular weight is 264 g/mol. The Bertz CT molecular complexity index is 872. The van der Waals surface area contributed by atoms with E-state index >= 15 is 0 Å². The van der Waals surface area contributed by atoms with Gasteiger partial charge < -0.3 is 8.83 Å². The summed E-state index contributed by atoms with van der Waals surface area (Å²) >= 11 is 0. The first-order valence-electron chi connectivity index (χ1n) is 6.48. The minimum Gasteiger partial charge on any atom is -0.441 e. The van der Waals surface area contributed by atoms with E-state index in [0.29, 0.717) is 18.2 Å². The van der Waals surface area contributed by atoms with Crippen LogP contribution in [0.4, 0.5) is 0 Å². The number of aryl methyl sites for hydroxylation is 1. The van der Waals surface area contributed by atoms with E-state index < -0.39 is 0 Å². The van der Waals surface area contributed by atoms with Gasteiger partial charge in [0, 0.05) is 13.3 Å². The molecule has 0 saturated heterocycles. The molecule has 0 atom stereocenters. The van der Waals surface area contributed by atoms with Crippen molar-refractivity contribution in [2.24, 2.45) is 0 Å². The first-order chi connectivity index (χ1) is 9.78. The summed E-state index contributed by atoms with van der Waals surface area (Å²) < 4.78 is 11.2. The summed E-state index contributed by atoms with van der Waals surface area (Å²) in [4.78, 5) is 8.82. The van der Waals surface area contributed by atoms with Crippen LogP contribution in [0.25, 0.3) is 22.2 Å². The zero-order valence-electron chi connectivity index (χ0n) is 11.0. The third-order valence-corrected chi connectivity index (χ3v) is 3.25. The number of hydrogen-bond acceptors (Lipinski definition) is 4. The Balaban J connectivity index is 1.72. The Morgan fingerprint density at radius 3 is 2.65 bits per heavy atom. The second-order valence-corrected chi connectivity index (χ2v) is 4.79. The molecule has 0 aliphatic carbocycles. The summed E-state index contributed by atoms with van der Waals surface area (Å²) in [6.45, 7) is 1.85. The monoisotopic (exact) mass is 264 g/mol. The van der Waals surface area contributed by atoms with Crippen LogP contribution in [0.2, 0.25) is 0 Å². The number of oxazole rings is 2. The molecule has 4 aromatic rings. The number of hydrogen-bond donors (Lipinski definition) is 0. The largest absolute Gasteiger partial charge is 0.441 e. The number of fused-ring (bicyclic) bond motifs is 2. The second kappa shape index (κ2) is 4.20. The molecular weight excluding hydrogens is 252 g/mol. The zero-order valence-corrected chi connectivity index (χ0v) is 11.0. The lowest BCUT2D eigenvalue weighted by Gasteiger charge is -1.96. The van der Waals surface area contributed by atoms with Crippen LogP contribution in [0, 0.1) is 6.92 Å². The molecule has 4 heteroatoms. The van der Waals surface area contributed by atoms with Crippen LogP contribution < -0.4 is 0 Å². The van der Waals surface area contributed by atoms with Crippen molar-refractivity contribution in [1.29, 1.82) is 0 Å². The highest BCUT2D eigenvalue weighted by molar-refractivity contribution is 5.74. The second-order valence-electron chi connectivity index (χ2n) is 4.79. The molecule has 0 aliphatic heterocycles. The normalized spacial score (nSPS) is 11.4. The molecule has 0 bridgehead atoms. The van der Waals surface area contributed by atoms with Gasteiger partial charge in [-0.25, -0.2) is 9.97 Å². The van der Waals surface area contributed by atoms with E-state index in [-0.39, 0.29) is 0 Å². The minimum atomic E-state index is 0.649. The third-order valence-electron chi connectivity index (χ3n) is 3.25. The fourth-order valence-corrected chi connectivity index (χ4v) is 2.37. The van der Waals surface area contributed by atoms with Crippen LogP contribution in [-0.4, -0.2) is 9.97 Å². The van der Waals surface area contributed by atoms with E-state index in [1.165, 1.54) is 0 Å². The van der Waals surface area contributed by atoms with E-state index in [0.717, 1.165) is 27.8 Å². The quantitative estimate of drug-likeness (QED) is 0.551. The van der Waals surface area contributed by atoms with Crippen LogP contribution in [0.1, 0.15) is 17.3 Å². The zero-order chi connectivity index (χ0) is 13.5. The van der Waals surface area contributed by atoms with Gasteiger partial charge in [-0.15, -0.1) is 0 Å². The van der Waals surface area contributed by atoms with Gasteiger partial charge in [0.05, 0.1) is 0 Å². The van der Waals surface area contributed by atoms with Crippen LogP contribution in [0.15, 0.2) is 51.3 Å². The third kappa shape index (κ3) is 1.86. The number of rotatable bonds is 2. The lowest BCUT2D eigenvalue weighted by Crippen LogP contribution is -1.87. The number of benzene rings is 2. The molecule has 2 aromatic carbocycles. The van der Waals surface area contributed by atoms with Crippen molar-refractivity contribution in [3.05, 3.63) is 59.8 Å². The van der Waals surface area contributed by atoms with Crippen molar-refractivity contribution in [2.75, 3.05) is 0 Å². The molecule has 0 unspecified atom stereocenters. The summed E-state index contributed by atoms with van der Waals surface area (Å²) in [6, 6.07) is 13.7. The fraction of sp³-hybridized carbons (Fsp3) is 0.125. The van der Waals surface area contributed by atoms with Gasteiger partial charge in [0.1, 0.15) is 11.0 Å². The van der Waals surface area contributed by atoms with E-state index in [4.69, 9.17) is 8.83 Å². The maximum absolute atomic E-state index is 5.73. The van der Waals surface area contributed by atoms with E-state index in [2.05, 4.69) is 9.97 Å². The van der Waals surface area contributed by atoms with Crippen molar-refractivity contribution >= 4 is 22.2 Å². The van der Waals surface area contributed by atoms with Crippen LogP contribution in [0.3, 0.4) is 0 Å². The van der Waals surface area contributed by atoms with Gasteiger partial charge in [-0.1, -0.05) is 18.2 Å². The molecular formula is C16H12N2O2. The van der Waals surface area contributed by atoms with E-state index in [1.54, 1.807) is 0 Å². The topological polar surface area (TPSA) is 52.1 Å². The van der Waals surface area contributed by atoms with Gasteiger partial charge in [0.25, 0.3) is 0 Å². The van der Waals surface area contributed by atoms with Gasteiger partial charge in [0.2, 0.25) is 0 Å². The van der Waals surface area contributed by atoms with Gasteiger partial charge in [-0.05, 0) is 29.8 Å². The molecule has 4 rings (SSSR count). The molecule has 0 N–H and O–H groups in total. The predicted octanol–water partition coefficient (Wildman–Crippen LogP) is 3.87. The summed E-state index contributed by atoms with van der Waals surface area (Å²) in [7, 11) is 0. The van der Waals surface area contributed by atoms with Crippen molar-refractivity contribution in [1.82, 2.24) is 9.97 Å². The van der Waals surface area contributed by atoms with Crippen molar-refractivity contribution in [3.8, 4) is 0 Å². The maximum Gasteiger partial charge on any atom is 0.199 e. The molecule has 20 heavy (non-hydrogen) atoms. The molecule has 0 radical (unpaired) electrons. The number of aromatic nitrogens is 2. The van der Waals surface area contributed by atoms with Crippen molar-refractivity contribution < 1.29 is 8.83 Å². The highest BCUT2D eigenvalue weighted by Gasteiger charge is 2.08. The maximum atomic E-state index is 5.73.